The van der Waals surface area contributed by atoms with Gasteiger partial charge in [0.15, 0.2) is 0 Å². The van der Waals surface area contributed by atoms with Gasteiger partial charge >= 0.3 is 0 Å². The van der Waals surface area contributed by atoms with Crippen LogP contribution in [0.5, 0.6) is 0 Å². The maximum atomic E-state index is 9.62. The van der Waals surface area contributed by atoms with Gasteiger partial charge in [-0.25, -0.2) is 4.98 Å². The van der Waals surface area contributed by atoms with Crippen LogP contribution in [0.1, 0.15) is 37.4 Å². The van der Waals surface area contributed by atoms with Gasteiger partial charge in [-0.05, 0) is 44.9 Å². The van der Waals surface area contributed by atoms with Crippen molar-refractivity contribution < 1.29 is 5.11 Å². The number of rotatable bonds is 4. The van der Waals surface area contributed by atoms with Crippen molar-refractivity contribution in [2.75, 3.05) is 6.54 Å². The summed E-state index contributed by atoms with van der Waals surface area (Å²) in [5.74, 6) is 0. The van der Waals surface area contributed by atoms with Crippen molar-refractivity contribution in [1.29, 1.82) is 5.26 Å². The van der Waals surface area contributed by atoms with Gasteiger partial charge in [0.05, 0.1) is 23.6 Å². The summed E-state index contributed by atoms with van der Waals surface area (Å²) in [4.78, 5) is 6.81. The second kappa shape index (κ2) is 5.84. The summed E-state index contributed by atoms with van der Waals surface area (Å²) in [7, 11) is 0. The van der Waals surface area contributed by atoms with Crippen LogP contribution in [0.4, 0.5) is 0 Å². The van der Waals surface area contributed by atoms with Crippen LogP contribution in [-0.2, 0) is 6.54 Å². The Balaban J connectivity index is 1.83. The molecule has 21 heavy (non-hydrogen) atoms. The molecule has 3 heterocycles. The Labute approximate surface area is 124 Å². The predicted octanol–water partition coefficient (Wildman–Crippen LogP) is 1.94. The van der Waals surface area contributed by atoms with E-state index in [0.29, 0.717) is 11.6 Å². The number of aliphatic hydroxyl groups is 1. The van der Waals surface area contributed by atoms with Gasteiger partial charge in [-0.2, -0.15) is 5.26 Å². The largest absolute Gasteiger partial charge is 0.393 e. The number of pyridine rings is 1. The molecule has 0 aliphatic carbocycles. The van der Waals surface area contributed by atoms with Crippen LogP contribution in [0.25, 0.3) is 5.65 Å². The van der Waals surface area contributed by atoms with Crippen molar-refractivity contribution in [3.63, 3.8) is 0 Å². The van der Waals surface area contributed by atoms with Crippen LogP contribution in [0.3, 0.4) is 0 Å². The van der Waals surface area contributed by atoms with Crippen molar-refractivity contribution in [3.8, 4) is 6.07 Å². The lowest BCUT2D eigenvalue weighted by atomic mass is 10.1. The third-order valence-electron chi connectivity index (χ3n) is 4.19. The first-order chi connectivity index (χ1) is 10.2. The number of aromatic nitrogens is 2. The van der Waals surface area contributed by atoms with Crippen molar-refractivity contribution in [2.24, 2.45) is 0 Å². The summed E-state index contributed by atoms with van der Waals surface area (Å²) >= 11 is 0. The Kier molecular flexibility index (Phi) is 3.91. The van der Waals surface area contributed by atoms with Gasteiger partial charge < -0.3 is 9.51 Å². The molecular formula is C16H20N4O. The number of imidazole rings is 1. The number of aliphatic hydroxyl groups excluding tert-OH is 1. The fourth-order valence-electron chi connectivity index (χ4n) is 3.19. The van der Waals surface area contributed by atoms with Crippen molar-refractivity contribution in [1.82, 2.24) is 14.3 Å². The molecule has 110 valence electrons. The molecule has 2 aromatic heterocycles. The van der Waals surface area contributed by atoms with E-state index in [2.05, 4.69) is 16.0 Å². The average molecular weight is 284 g/mol. The maximum absolute atomic E-state index is 9.62. The summed E-state index contributed by atoms with van der Waals surface area (Å²) in [6.45, 7) is 3.72. The minimum atomic E-state index is -0.261. The highest BCUT2D eigenvalue weighted by Crippen LogP contribution is 2.24. The topological polar surface area (TPSA) is 64.6 Å². The zero-order chi connectivity index (χ0) is 14.8. The highest BCUT2D eigenvalue weighted by Gasteiger charge is 2.26. The molecule has 1 N–H and O–H groups in total. The lowest BCUT2D eigenvalue weighted by molar-refractivity contribution is 0.130. The highest BCUT2D eigenvalue weighted by molar-refractivity contribution is 5.44. The van der Waals surface area contributed by atoms with Gasteiger partial charge in [-0.15, -0.1) is 0 Å². The second-order valence-electron chi connectivity index (χ2n) is 5.86. The fourth-order valence-corrected chi connectivity index (χ4v) is 3.19. The number of fused-ring (bicyclic) bond motifs is 1. The molecule has 5 heteroatoms. The molecule has 0 amide bonds. The van der Waals surface area contributed by atoms with E-state index in [1.165, 1.54) is 6.42 Å². The fraction of sp³-hybridized carbons (Fsp3) is 0.500. The average Bonchev–Trinajstić information content (AvgIpc) is 3.06. The Morgan fingerprint density at radius 1 is 1.52 bits per heavy atom. The zero-order valence-electron chi connectivity index (χ0n) is 12.2. The molecular weight excluding hydrogens is 264 g/mol. The molecule has 3 rings (SSSR count). The maximum Gasteiger partial charge on any atom is 0.137 e. The summed E-state index contributed by atoms with van der Waals surface area (Å²) < 4.78 is 2.00. The van der Waals surface area contributed by atoms with Crippen LogP contribution >= 0.6 is 0 Å². The van der Waals surface area contributed by atoms with E-state index in [1.54, 1.807) is 6.07 Å². The van der Waals surface area contributed by atoms with Gasteiger partial charge in [-0.3, -0.25) is 4.90 Å². The molecule has 1 aliphatic heterocycles. The summed E-state index contributed by atoms with van der Waals surface area (Å²) in [5, 5.41) is 18.6. The Bertz CT molecular complexity index is 670. The van der Waals surface area contributed by atoms with Gasteiger partial charge in [0.2, 0.25) is 0 Å². The smallest absolute Gasteiger partial charge is 0.137 e. The van der Waals surface area contributed by atoms with Crippen LogP contribution in [0, 0.1) is 11.3 Å². The van der Waals surface area contributed by atoms with E-state index in [0.717, 1.165) is 37.3 Å². The van der Waals surface area contributed by atoms with Gasteiger partial charge in [-0.1, -0.05) is 0 Å². The van der Waals surface area contributed by atoms with E-state index >= 15 is 0 Å². The summed E-state index contributed by atoms with van der Waals surface area (Å²) in [5.41, 5.74) is 2.61. The van der Waals surface area contributed by atoms with E-state index < -0.39 is 0 Å². The number of nitriles is 1. The molecule has 0 radical (unpaired) electrons. The van der Waals surface area contributed by atoms with Gasteiger partial charge in [0.1, 0.15) is 11.7 Å². The lowest BCUT2D eigenvalue weighted by Gasteiger charge is -2.25. The summed E-state index contributed by atoms with van der Waals surface area (Å²) in [6.07, 6.45) is 6.61. The molecule has 0 saturated carbocycles. The quantitative estimate of drug-likeness (QED) is 0.932. The first-order valence-electron chi connectivity index (χ1n) is 7.45. The predicted molar refractivity (Wildman–Crippen MR) is 79.6 cm³/mol. The third-order valence-corrected chi connectivity index (χ3v) is 4.19. The number of hydrogen-bond acceptors (Lipinski definition) is 4. The second-order valence-corrected chi connectivity index (χ2v) is 5.86. The van der Waals surface area contributed by atoms with Crippen molar-refractivity contribution in [2.45, 2.75) is 44.9 Å². The third kappa shape index (κ3) is 2.92. The number of likely N-dealkylation sites (tertiary alicyclic amines) is 1. The monoisotopic (exact) mass is 284 g/mol. The first kappa shape index (κ1) is 14.1. The molecule has 2 aromatic rings. The molecule has 2 unspecified atom stereocenters. The van der Waals surface area contributed by atoms with Crippen LogP contribution in [0.2, 0.25) is 0 Å². The van der Waals surface area contributed by atoms with Crippen molar-refractivity contribution >= 4 is 5.65 Å². The molecule has 1 fully saturated rings. The minimum absolute atomic E-state index is 0.261. The molecule has 0 spiro atoms. The zero-order valence-corrected chi connectivity index (χ0v) is 12.2. The van der Waals surface area contributed by atoms with Gasteiger partial charge in [0.25, 0.3) is 0 Å². The highest BCUT2D eigenvalue weighted by atomic mass is 16.3. The van der Waals surface area contributed by atoms with E-state index in [9.17, 15) is 5.11 Å². The molecule has 1 aliphatic rings. The van der Waals surface area contributed by atoms with Gasteiger partial charge in [0, 0.05) is 18.8 Å². The van der Waals surface area contributed by atoms with Crippen LogP contribution in [0.15, 0.2) is 24.5 Å². The molecule has 5 nitrogen and oxygen atoms in total. The first-order valence-corrected chi connectivity index (χ1v) is 7.45. The van der Waals surface area contributed by atoms with Crippen LogP contribution < -0.4 is 0 Å². The number of nitrogens with zero attached hydrogens (tertiary/aromatic N) is 4. The standard InChI is InChI=1S/C16H20N4O/c1-12(21)7-14-3-2-6-19(14)11-15-9-18-16-5-4-13(8-17)10-20(15)16/h4-5,9-10,12,14,21H,2-3,6-7,11H2,1H3. The molecule has 2 atom stereocenters. The summed E-state index contributed by atoms with van der Waals surface area (Å²) in [6, 6.07) is 6.27. The van der Waals surface area contributed by atoms with E-state index in [1.807, 2.05) is 29.8 Å². The molecule has 1 saturated heterocycles. The van der Waals surface area contributed by atoms with Crippen LogP contribution in [-0.4, -0.2) is 38.1 Å². The van der Waals surface area contributed by atoms with E-state index in [-0.39, 0.29) is 6.10 Å². The number of hydrogen-bond donors (Lipinski definition) is 1. The lowest BCUT2D eigenvalue weighted by Crippen LogP contribution is -2.31. The Hall–Kier alpha value is -1.90. The van der Waals surface area contributed by atoms with E-state index in [4.69, 9.17) is 5.26 Å². The normalized spacial score (nSPS) is 20.7. The molecule has 0 bridgehead atoms. The van der Waals surface area contributed by atoms with Crippen molar-refractivity contribution in [3.05, 3.63) is 35.8 Å². The SMILES string of the molecule is CC(O)CC1CCCN1Cc1cnc2ccc(C#N)cn12. The minimum Gasteiger partial charge on any atom is -0.393 e. The Morgan fingerprint density at radius 3 is 3.14 bits per heavy atom. The molecule has 0 aromatic carbocycles. The Morgan fingerprint density at radius 2 is 2.38 bits per heavy atom.